The van der Waals surface area contributed by atoms with E-state index in [1.54, 1.807) is 0 Å². The summed E-state index contributed by atoms with van der Waals surface area (Å²) in [5.41, 5.74) is 0.295. The Hall–Kier alpha value is 0.120. The number of carbonyl (C=O) groups is 1. The highest BCUT2D eigenvalue weighted by atomic mass is 127. The van der Waals surface area contributed by atoms with Gasteiger partial charge in [-0.05, 0) is 22.6 Å². The number of aromatic nitrogens is 1. The SMILES string of the molecule is COC(=O)c1nc(Cl)sc1I. The molecule has 0 N–H and O–H groups in total. The van der Waals surface area contributed by atoms with Crippen molar-refractivity contribution < 1.29 is 9.53 Å². The highest BCUT2D eigenvalue weighted by Crippen LogP contribution is 2.24. The lowest BCUT2D eigenvalue weighted by Crippen LogP contribution is -2.02. The van der Waals surface area contributed by atoms with E-state index in [-0.39, 0.29) is 0 Å². The number of nitrogens with zero attached hydrogens (tertiary/aromatic N) is 1. The average Bonchev–Trinajstić information content (AvgIpc) is 2.28. The van der Waals surface area contributed by atoms with Crippen LogP contribution >= 0.6 is 45.5 Å². The van der Waals surface area contributed by atoms with Crippen LogP contribution in [0, 0.1) is 2.88 Å². The molecule has 60 valence electrons. The molecule has 0 atom stereocenters. The standard InChI is InChI=1S/C5H3ClINO2S/c1-10-4(9)2-3(7)11-5(6)8-2/h1H3. The zero-order valence-electron chi connectivity index (χ0n) is 5.43. The molecule has 0 aliphatic rings. The van der Waals surface area contributed by atoms with Crippen molar-refractivity contribution in [3.63, 3.8) is 0 Å². The second-order valence-electron chi connectivity index (χ2n) is 1.58. The molecule has 0 amide bonds. The summed E-state index contributed by atoms with van der Waals surface area (Å²) in [6.45, 7) is 0. The lowest BCUT2D eigenvalue weighted by Gasteiger charge is -1.92. The molecule has 1 aromatic rings. The van der Waals surface area contributed by atoms with Gasteiger partial charge in [0.15, 0.2) is 10.2 Å². The average molecular weight is 304 g/mol. The molecular formula is C5H3ClINO2S. The van der Waals surface area contributed by atoms with Gasteiger partial charge in [-0.2, -0.15) is 0 Å². The molecule has 1 aromatic heterocycles. The van der Waals surface area contributed by atoms with E-state index in [1.807, 2.05) is 22.6 Å². The van der Waals surface area contributed by atoms with E-state index in [0.29, 0.717) is 10.2 Å². The fourth-order valence-electron chi connectivity index (χ4n) is 0.500. The van der Waals surface area contributed by atoms with Crippen molar-refractivity contribution in [3.8, 4) is 0 Å². The van der Waals surface area contributed by atoms with Crippen LogP contribution in [-0.2, 0) is 4.74 Å². The number of thiazole rings is 1. The van der Waals surface area contributed by atoms with E-state index in [0.717, 1.165) is 2.88 Å². The first kappa shape index (κ1) is 9.21. The summed E-state index contributed by atoms with van der Waals surface area (Å²) >= 11 is 8.81. The van der Waals surface area contributed by atoms with Gasteiger partial charge in [-0.1, -0.05) is 22.9 Å². The summed E-state index contributed by atoms with van der Waals surface area (Å²) in [5, 5.41) is 0. The smallest absolute Gasteiger partial charge is 0.358 e. The van der Waals surface area contributed by atoms with Crippen molar-refractivity contribution in [1.82, 2.24) is 4.98 Å². The second-order valence-corrected chi connectivity index (χ2v) is 4.97. The number of esters is 1. The van der Waals surface area contributed by atoms with Crippen LogP contribution in [0.2, 0.25) is 4.47 Å². The predicted molar refractivity (Wildman–Crippen MR) is 51.2 cm³/mol. The third-order valence-electron chi connectivity index (χ3n) is 0.938. The highest BCUT2D eigenvalue weighted by molar-refractivity contribution is 14.1. The molecule has 0 bridgehead atoms. The molecule has 0 spiro atoms. The highest BCUT2D eigenvalue weighted by Gasteiger charge is 2.15. The molecule has 11 heavy (non-hydrogen) atoms. The topological polar surface area (TPSA) is 39.2 Å². The lowest BCUT2D eigenvalue weighted by molar-refractivity contribution is 0.0594. The van der Waals surface area contributed by atoms with Gasteiger partial charge in [0.2, 0.25) is 0 Å². The first-order chi connectivity index (χ1) is 5.15. The molecule has 0 saturated carbocycles. The number of methoxy groups -OCH3 is 1. The molecule has 0 radical (unpaired) electrons. The molecule has 1 rings (SSSR count). The largest absolute Gasteiger partial charge is 0.464 e. The second kappa shape index (κ2) is 3.68. The van der Waals surface area contributed by atoms with Gasteiger partial charge in [0.25, 0.3) is 0 Å². The van der Waals surface area contributed by atoms with Crippen LogP contribution in [0.5, 0.6) is 0 Å². The van der Waals surface area contributed by atoms with Gasteiger partial charge in [0.1, 0.15) is 2.88 Å². The molecule has 0 aromatic carbocycles. The maximum atomic E-state index is 10.9. The van der Waals surface area contributed by atoms with Gasteiger partial charge < -0.3 is 4.74 Å². The van der Waals surface area contributed by atoms with Crippen LogP contribution in [0.15, 0.2) is 0 Å². The Morgan fingerprint density at radius 3 is 2.82 bits per heavy atom. The summed E-state index contributed by atoms with van der Waals surface area (Å²) in [7, 11) is 1.31. The maximum absolute atomic E-state index is 10.9. The van der Waals surface area contributed by atoms with E-state index in [9.17, 15) is 4.79 Å². The van der Waals surface area contributed by atoms with Crippen LogP contribution in [0.3, 0.4) is 0 Å². The maximum Gasteiger partial charge on any atom is 0.358 e. The van der Waals surface area contributed by atoms with Gasteiger partial charge in [-0.3, -0.25) is 0 Å². The van der Waals surface area contributed by atoms with Gasteiger partial charge in [0, 0.05) is 0 Å². The fraction of sp³-hybridized carbons (Fsp3) is 0.200. The molecular weight excluding hydrogens is 300 g/mol. The van der Waals surface area contributed by atoms with E-state index in [1.165, 1.54) is 18.4 Å². The molecule has 0 saturated heterocycles. The summed E-state index contributed by atoms with van der Waals surface area (Å²) in [5.74, 6) is -0.447. The summed E-state index contributed by atoms with van der Waals surface area (Å²) in [4.78, 5) is 14.7. The Balaban J connectivity index is 3.03. The molecule has 0 unspecified atom stereocenters. The Kier molecular flexibility index (Phi) is 3.08. The molecule has 1 heterocycles. The van der Waals surface area contributed by atoms with Crippen LogP contribution in [0.25, 0.3) is 0 Å². The Morgan fingerprint density at radius 2 is 2.45 bits per heavy atom. The fourth-order valence-corrected chi connectivity index (χ4v) is 2.68. The van der Waals surface area contributed by atoms with E-state index >= 15 is 0 Å². The van der Waals surface area contributed by atoms with E-state index < -0.39 is 5.97 Å². The first-order valence-corrected chi connectivity index (χ1v) is 4.82. The Bertz CT molecular complexity index is 288. The quantitative estimate of drug-likeness (QED) is 0.590. The first-order valence-electron chi connectivity index (χ1n) is 2.55. The summed E-state index contributed by atoms with van der Waals surface area (Å²) < 4.78 is 5.58. The number of ether oxygens (including phenoxy) is 1. The normalized spacial score (nSPS) is 9.73. The molecule has 6 heteroatoms. The number of carbonyl (C=O) groups excluding carboxylic acids is 1. The van der Waals surface area contributed by atoms with Crippen LogP contribution < -0.4 is 0 Å². The van der Waals surface area contributed by atoms with Crippen LogP contribution in [-0.4, -0.2) is 18.1 Å². The van der Waals surface area contributed by atoms with E-state index in [4.69, 9.17) is 11.6 Å². The van der Waals surface area contributed by atoms with Crippen molar-refractivity contribution in [1.29, 1.82) is 0 Å². The van der Waals surface area contributed by atoms with Crippen molar-refractivity contribution in [2.24, 2.45) is 0 Å². The molecule has 3 nitrogen and oxygen atoms in total. The third-order valence-corrected chi connectivity index (χ3v) is 3.06. The number of halogens is 2. The molecule has 0 aliphatic carbocycles. The minimum Gasteiger partial charge on any atom is -0.464 e. The molecule has 0 aliphatic heterocycles. The third kappa shape index (κ3) is 2.03. The van der Waals surface area contributed by atoms with Crippen molar-refractivity contribution in [3.05, 3.63) is 13.0 Å². The Morgan fingerprint density at radius 1 is 1.82 bits per heavy atom. The number of hydrogen-bond donors (Lipinski definition) is 0. The van der Waals surface area contributed by atoms with Gasteiger partial charge in [0.05, 0.1) is 7.11 Å². The zero-order chi connectivity index (χ0) is 8.43. The minimum atomic E-state index is -0.447. The van der Waals surface area contributed by atoms with Crippen molar-refractivity contribution >= 4 is 51.5 Å². The summed E-state index contributed by atoms with van der Waals surface area (Å²) in [6.07, 6.45) is 0. The van der Waals surface area contributed by atoms with Crippen LogP contribution in [0.4, 0.5) is 0 Å². The van der Waals surface area contributed by atoms with Gasteiger partial charge in [-0.25, -0.2) is 9.78 Å². The van der Waals surface area contributed by atoms with Gasteiger partial charge in [-0.15, -0.1) is 0 Å². The van der Waals surface area contributed by atoms with E-state index in [2.05, 4.69) is 9.72 Å². The zero-order valence-corrected chi connectivity index (χ0v) is 9.16. The van der Waals surface area contributed by atoms with Crippen molar-refractivity contribution in [2.75, 3.05) is 7.11 Å². The lowest BCUT2D eigenvalue weighted by atomic mass is 10.5. The number of hydrogen-bond acceptors (Lipinski definition) is 4. The monoisotopic (exact) mass is 303 g/mol. The van der Waals surface area contributed by atoms with Crippen LogP contribution in [0.1, 0.15) is 10.5 Å². The number of rotatable bonds is 1. The Labute approximate surface area is 85.9 Å². The van der Waals surface area contributed by atoms with Gasteiger partial charge >= 0.3 is 5.97 Å². The van der Waals surface area contributed by atoms with Crippen molar-refractivity contribution in [2.45, 2.75) is 0 Å². The summed E-state index contributed by atoms with van der Waals surface area (Å²) in [6, 6.07) is 0. The molecule has 0 fully saturated rings. The minimum absolute atomic E-state index is 0.295. The predicted octanol–water partition coefficient (Wildman–Crippen LogP) is 2.19.